The molecule has 82 valence electrons. The minimum atomic E-state index is -0.191. The summed E-state index contributed by atoms with van der Waals surface area (Å²) in [6, 6.07) is 0. The molecule has 1 fully saturated rings. The molecule has 1 rings (SSSR count). The smallest absolute Gasteiger partial charge is 0.319 e. The van der Waals surface area contributed by atoms with Crippen LogP contribution >= 0.6 is 15.9 Å². The van der Waals surface area contributed by atoms with Crippen molar-refractivity contribution in [2.24, 2.45) is 0 Å². The van der Waals surface area contributed by atoms with Gasteiger partial charge in [-0.2, -0.15) is 0 Å². The maximum atomic E-state index is 11.1. The molecule has 0 aromatic carbocycles. The maximum absolute atomic E-state index is 11.1. The molecule has 1 heterocycles. The Labute approximate surface area is 93.9 Å². The Morgan fingerprint density at radius 3 is 2.64 bits per heavy atom. The average Bonchev–Trinajstić information content (AvgIpc) is 2.19. The fourth-order valence-corrected chi connectivity index (χ4v) is 1.71. The number of hydrogen-bond donors (Lipinski definition) is 0. The Hall–Kier alpha value is -0.0900. The van der Waals surface area contributed by atoms with Gasteiger partial charge in [0.2, 0.25) is 0 Å². The van der Waals surface area contributed by atoms with Crippen molar-refractivity contribution in [1.82, 2.24) is 4.90 Å². The third-order valence-corrected chi connectivity index (χ3v) is 2.80. The van der Waals surface area contributed by atoms with Gasteiger partial charge in [-0.15, -0.1) is 0 Å². The van der Waals surface area contributed by atoms with Crippen LogP contribution in [0.4, 0.5) is 0 Å². The number of nitrogens with zero attached hydrogens (tertiary/aromatic N) is 1. The fourth-order valence-electron chi connectivity index (χ4n) is 1.57. The average molecular weight is 264 g/mol. The molecule has 0 spiro atoms. The molecule has 0 amide bonds. The summed E-state index contributed by atoms with van der Waals surface area (Å²) in [6.07, 6.45) is 3.90. The molecule has 1 atom stereocenters. The molecule has 1 aliphatic heterocycles. The van der Waals surface area contributed by atoms with Crippen LogP contribution in [0.25, 0.3) is 0 Å². The predicted molar refractivity (Wildman–Crippen MR) is 59.6 cm³/mol. The van der Waals surface area contributed by atoms with Crippen LogP contribution in [0.2, 0.25) is 0 Å². The molecular weight excluding hydrogens is 246 g/mol. The molecular formula is C10H18BrNO2. The van der Waals surface area contributed by atoms with Gasteiger partial charge in [0, 0.05) is 6.54 Å². The number of halogens is 1. The van der Waals surface area contributed by atoms with Gasteiger partial charge in [-0.05, 0) is 32.9 Å². The van der Waals surface area contributed by atoms with E-state index < -0.39 is 0 Å². The SMILES string of the molecule is CC(Br)C(=O)OCCN1CCCCC1. The Bertz CT molecular complexity index is 179. The largest absolute Gasteiger partial charge is 0.463 e. The number of alkyl halides is 1. The number of likely N-dealkylation sites (tertiary alicyclic amines) is 1. The number of rotatable bonds is 4. The van der Waals surface area contributed by atoms with Crippen LogP contribution in [0, 0.1) is 0 Å². The number of ether oxygens (including phenoxy) is 1. The quantitative estimate of drug-likeness (QED) is 0.573. The van der Waals surface area contributed by atoms with Gasteiger partial charge in [-0.1, -0.05) is 22.4 Å². The predicted octanol–water partition coefficient (Wildman–Crippen LogP) is 1.80. The van der Waals surface area contributed by atoms with Gasteiger partial charge < -0.3 is 4.74 Å². The van der Waals surface area contributed by atoms with Crippen LogP contribution in [0.5, 0.6) is 0 Å². The van der Waals surface area contributed by atoms with Gasteiger partial charge >= 0.3 is 5.97 Å². The summed E-state index contributed by atoms with van der Waals surface area (Å²) in [4.78, 5) is 13.3. The number of esters is 1. The molecule has 1 aliphatic rings. The van der Waals surface area contributed by atoms with Gasteiger partial charge in [0.15, 0.2) is 0 Å². The second-order valence-corrected chi connectivity index (χ2v) is 5.06. The van der Waals surface area contributed by atoms with Gasteiger partial charge in [-0.3, -0.25) is 9.69 Å². The molecule has 0 saturated carbocycles. The van der Waals surface area contributed by atoms with Crippen molar-refractivity contribution in [3.8, 4) is 0 Å². The minimum Gasteiger partial charge on any atom is -0.463 e. The van der Waals surface area contributed by atoms with E-state index in [-0.39, 0.29) is 10.8 Å². The van der Waals surface area contributed by atoms with Crippen LogP contribution in [-0.2, 0) is 9.53 Å². The van der Waals surface area contributed by atoms with Crippen molar-refractivity contribution >= 4 is 21.9 Å². The lowest BCUT2D eigenvalue weighted by atomic mass is 10.1. The number of hydrogen-bond acceptors (Lipinski definition) is 3. The van der Waals surface area contributed by atoms with E-state index in [9.17, 15) is 4.79 Å². The van der Waals surface area contributed by atoms with Crippen LogP contribution in [0.15, 0.2) is 0 Å². The Morgan fingerprint density at radius 2 is 2.07 bits per heavy atom. The summed E-state index contributed by atoms with van der Waals surface area (Å²) < 4.78 is 5.08. The summed E-state index contributed by atoms with van der Waals surface area (Å²) in [5.41, 5.74) is 0. The minimum absolute atomic E-state index is 0.165. The van der Waals surface area contributed by atoms with Gasteiger partial charge in [-0.25, -0.2) is 0 Å². The number of piperidine rings is 1. The lowest BCUT2D eigenvalue weighted by Gasteiger charge is -2.25. The standard InChI is InChI=1S/C10H18BrNO2/c1-9(11)10(13)14-8-7-12-5-3-2-4-6-12/h9H,2-8H2,1H3. The maximum Gasteiger partial charge on any atom is 0.319 e. The van der Waals surface area contributed by atoms with Crippen LogP contribution in [0.3, 0.4) is 0 Å². The first-order valence-electron chi connectivity index (χ1n) is 5.23. The molecule has 4 heteroatoms. The normalized spacial score (nSPS) is 20.4. The van der Waals surface area contributed by atoms with E-state index in [2.05, 4.69) is 20.8 Å². The zero-order chi connectivity index (χ0) is 10.4. The van der Waals surface area contributed by atoms with Crippen molar-refractivity contribution < 1.29 is 9.53 Å². The third-order valence-electron chi connectivity index (χ3n) is 2.43. The lowest BCUT2D eigenvalue weighted by Crippen LogP contribution is -2.33. The molecule has 1 saturated heterocycles. The monoisotopic (exact) mass is 263 g/mol. The van der Waals surface area contributed by atoms with E-state index in [0.29, 0.717) is 6.61 Å². The second kappa shape index (κ2) is 6.40. The summed E-state index contributed by atoms with van der Waals surface area (Å²) in [6.45, 7) is 5.49. The highest BCUT2D eigenvalue weighted by Gasteiger charge is 2.12. The Kier molecular flexibility index (Phi) is 5.48. The highest BCUT2D eigenvalue weighted by atomic mass is 79.9. The fraction of sp³-hybridized carbons (Fsp3) is 0.900. The van der Waals surface area contributed by atoms with Crippen molar-refractivity contribution in [2.75, 3.05) is 26.2 Å². The van der Waals surface area contributed by atoms with Crippen molar-refractivity contribution in [2.45, 2.75) is 31.0 Å². The topological polar surface area (TPSA) is 29.5 Å². The van der Waals surface area contributed by atoms with Crippen molar-refractivity contribution in [3.05, 3.63) is 0 Å². The molecule has 0 aromatic heterocycles. The lowest BCUT2D eigenvalue weighted by molar-refractivity contribution is -0.142. The Balaban J connectivity index is 2.05. The molecule has 0 radical (unpaired) electrons. The van der Waals surface area contributed by atoms with E-state index in [1.807, 2.05) is 0 Å². The first-order valence-corrected chi connectivity index (χ1v) is 6.15. The van der Waals surface area contributed by atoms with Crippen LogP contribution < -0.4 is 0 Å². The summed E-state index contributed by atoms with van der Waals surface area (Å²) >= 11 is 3.18. The number of carbonyl (C=O) groups excluding carboxylic acids is 1. The summed E-state index contributed by atoms with van der Waals surface area (Å²) in [5, 5.41) is 0. The van der Waals surface area contributed by atoms with Gasteiger partial charge in [0.25, 0.3) is 0 Å². The molecule has 0 N–H and O–H groups in total. The van der Waals surface area contributed by atoms with E-state index in [1.165, 1.54) is 19.3 Å². The van der Waals surface area contributed by atoms with Crippen molar-refractivity contribution in [3.63, 3.8) is 0 Å². The molecule has 0 bridgehead atoms. The third kappa shape index (κ3) is 4.42. The van der Waals surface area contributed by atoms with Crippen LogP contribution in [-0.4, -0.2) is 41.9 Å². The highest BCUT2D eigenvalue weighted by Crippen LogP contribution is 2.08. The van der Waals surface area contributed by atoms with Crippen LogP contribution in [0.1, 0.15) is 26.2 Å². The zero-order valence-electron chi connectivity index (χ0n) is 8.67. The number of carbonyl (C=O) groups is 1. The van der Waals surface area contributed by atoms with E-state index in [1.54, 1.807) is 6.92 Å². The molecule has 14 heavy (non-hydrogen) atoms. The first kappa shape index (κ1) is 12.0. The first-order chi connectivity index (χ1) is 6.70. The highest BCUT2D eigenvalue weighted by molar-refractivity contribution is 9.10. The van der Waals surface area contributed by atoms with E-state index in [0.717, 1.165) is 19.6 Å². The molecule has 0 aliphatic carbocycles. The summed E-state index contributed by atoms with van der Waals surface area (Å²) in [5.74, 6) is -0.165. The van der Waals surface area contributed by atoms with E-state index in [4.69, 9.17) is 4.74 Å². The van der Waals surface area contributed by atoms with Crippen molar-refractivity contribution in [1.29, 1.82) is 0 Å². The second-order valence-electron chi connectivity index (χ2n) is 3.69. The molecule has 1 unspecified atom stereocenters. The summed E-state index contributed by atoms with van der Waals surface area (Å²) in [7, 11) is 0. The van der Waals surface area contributed by atoms with Gasteiger partial charge in [0.1, 0.15) is 11.4 Å². The molecule has 0 aromatic rings. The zero-order valence-corrected chi connectivity index (χ0v) is 10.3. The molecule has 3 nitrogen and oxygen atoms in total. The van der Waals surface area contributed by atoms with Gasteiger partial charge in [0.05, 0.1) is 0 Å². The Morgan fingerprint density at radius 1 is 1.43 bits per heavy atom. The van der Waals surface area contributed by atoms with E-state index >= 15 is 0 Å².